The van der Waals surface area contributed by atoms with Gasteiger partial charge in [-0.2, -0.15) is 0 Å². The lowest BCUT2D eigenvalue weighted by molar-refractivity contribution is 0.0973. The highest BCUT2D eigenvalue weighted by Gasteiger charge is 2.11. The molecule has 100 valence electrons. The maximum atomic E-state index is 12.4. The van der Waals surface area contributed by atoms with Gasteiger partial charge in [-0.05, 0) is 37.1 Å². The molecule has 0 amide bonds. The summed E-state index contributed by atoms with van der Waals surface area (Å²) in [7, 11) is 0. The first-order chi connectivity index (χ1) is 9.66. The van der Waals surface area contributed by atoms with E-state index in [9.17, 15) is 4.79 Å². The van der Waals surface area contributed by atoms with Crippen LogP contribution in [-0.4, -0.2) is 10.4 Å². The third kappa shape index (κ3) is 2.14. The molecule has 0 radical (unpaired) electrons. The first-order valence-electron chi connectivity index (χ1n) is 6.80. The molecule has 2 heteroatoms. The van der Waals surface area contributed by atoms with Gasteiger partial charge in [0.15, 0.2) is 5.78 Å². The summed E-state index contributed by atoms with van der Waals surface area (Å²) >= 11 is 0. The summed E-state index contributed by atoms with van der Waals surface area (Å²) < 4.78 is 2.02. The van der Waals surface area contributed by atoms with Crippen molar-refractivity contribution in [3.8, 4) is 0 Å². The topological polar surface area (TPSA) is 22.0 Å². The van der Waals surface area contributed by atoms with Gasteiger partial charge in [0.2, 0.25) is 0 Å². The lowest BCUT2D eigenvalue weighted by Gasteiger charge is -2.07. The number of benzene rings is 2. The number of hydrogen-bond donors (Lipinski definition) is 0. The van der Waals surface area contributed by atoms with E-state index < -0.39 is 0 Å². The smallest absolute Gasteiger partial charge is 0.182 e. The van der Waals surface area contributed by atoms with Crippen LogP contribution in [0.1, 0.15) is 21.5 Å². The number of carbonyl (C=O) groups is 1. The molecule has 0 aliphatic carbocycles. The Bertz CT molecular complexity index is 783. The number of carbonyl (C=O) groups excluding carboxylic acids is 1. The van der Waals surface area contributed by atoms with Crippen molar-refractivity contribution in [3.05, 3.63) is 71.4 Å². The predicted molar refractivity (Wildman–Crippen MR) is 82.2 cm³/mol. The lowest BCUT2D eigenvalue weighted by atomic mass is 10.0. The van der Waals surface area contributed by atoms with Crippen LogP contribution in [0.15, 0.2) is 54.7 Å². The lowest BCUT2D eigenvalue weighted by Crippen LogP contribution is -2.10. The van der Waals surface area contributed by atoms with E-state index in [0.29, 0.717) is 6.54 Å². The molecule has 0 unspecified atom stereocenters. The van der Waals surface area contributed by atoms with Gasteiger partial charge < -0.3 is 4.57 Å². The highest BCUT2D eigenvalue weighted by atomic mass is 16.1. The predicted octanol–water partition coefficient (Wildman–Crippen LogP) is 4.14. The first kappa shape index (κ1) is 12.7. The van der Waals surface area contributed by atoms with Crippen LogP contribution in [-0.2, 0) is 6.54 Å². The zero-order valence-electron chi connectivity index (χ0n) is 11.8. The fourth-order valence-electron chi connectivity index (χ4n) is 2.64. The molecule has 0 fully saturated rings. The Morgan fingerprint density at radius 2 is 1.70 bits per heavy atom. The molecule has 0 N–H and O–H groups in total. The summed E-state index contributed by atoms with van der Waals surface area (Å²) in [6.07, 6.45) is 1.99. The molecule has 0 spiro atoms. The molecule has 0 saturated carbocycles. The SMILES string of the molecule is Cc1ccccc1C(=O)Cn1ccc2c(C)cccc21. The van der Waals surface area contributed by atoms with Crippen molar-refractivity contribution in [1.82, 2.24) is 4.57 Å². The van der Waals surface area contributed by atoms with Crippen molar-refractivity contribution in [2.24, 2.45) is 0 Å². The van der Waals surface area contributed by atoms with E-state index in [1.807, 2.05) is 48.0 Å². The minimum absolute atomic E-state index is 0.155. The van der Waals surface area contributed by atoms with Gasteiger partial charge in [-0.25, -0.2) is 0 Å². The number of nitrogens with zero attached hydrogens (tertiary/aromatic N) is 1. The average molecular weight is 263 g/mol. The molecule has 3 rings (SSSR count). The number of aromatic nitrogens is 1. The zero-order chi connectivity index (χ0) is 14.1. The minimum Gasteiger partial charge on any atom is -0.340 e. The Hall–Kier alpha value is -2.35. The van der Waals surface area contributed by atoms with Crippen LogP contribution in [0.2, 0.25) is 0 Å². The molecule has 0 aliphatic rings. The largest absolute Gasteiger partial charge is 0.340 e. The van der Waals surface area contributed by atoms with Crippen molar-refractivity contribution >= 4 is 16.7 Å². The second kappa shape index (κ2) is 4.97. The van der Waals surface area contributed by atoms with E-state index in [0.717, 1.165) is 16.6 Å². The Morgan fingerprint density at radius 3 is 2.50 bits per heavy atom. The van der Waals surface area contributed by atoms with Gasteiger partial charge in [0.25, 0.3) is 0 Å². The fourth-order valence-corrected chi connectivity index (χ4v) is 2.64. The Labute approximate surface area is 118 Å². The average Bonchev–Trinajstić information content (AvgIpc) is 2.84. The van der Waals surface area contributed by atoms with Crippen LogP contribution in [0.4, 0.5) is 0 Å². The number of ketones is 1. The third-order valence-electron chi connectivity index (χ3n) is 3.79. The molecule has 0 atom stereocenters. The monoisotopic (exact) mass is 263 g/mol. The van der Waals surface area contributed by atoms with E-state index in [4.69, 9.17) is 0 Å². The molecular weight excluding hydrogens is 246 g/mol. The van der Waals surface area contributed by atoms with Crippen molar-refractivity contribution in [1.29, 1.82) is 0 Å². The molecule has 0 bridgehead atoms. The molecule has 1 aromatic heterocycles. The maximum Gasteiger partial charge on any atom is 0.182 e. The molecule has 20 heavy (non-hydrogen) atoms. The number of Topliss-reactive ketones (excluding diaryl/α,β-unsaturated/α-hetero) is 1. The molecule has 3 aromatic rings. The van der Waals surface area contributed by atoms with E-state index >= 15 is 0 Å². The van der Waals surface area contributed by atoms with Crippen LogP contribution >= 0.6 is 0 Å². The van der Waals surface area contributed by atoms with Gasteiger partial charge in [0, 0.05) is 22.7 Å². The van der Waals surface area contributed by atoms with Gasteiger partial charge >= 0.3 is 0 Å². The summed E-state index contributed by atoms with van der Waals surface area (Å²) in [5.41, 5.74) is 4.20. The van der Waals surface area contributed by atoms with E-state index in [1.165, 1.54) is 10.9 Å². The quantitative estimate of drug-likeness (QED) is 0.651. The second-order valence-electron chi connectivity index (χ2n) is 5.19. The summed E-state index contributed by atoms with van der Waals surface area (Å²) in [5.74, 6) is 0.155. The molecule has 2 nitrogen and oxygen atoms in total. The van der Waals surface area contributed by atoms with Gasteiger partial charge in [0.05, 0.1) is 6.54 Å². The Balaban J connectivity index is 1.96. The molecular formula is C18H17NO. The molecule has 0 aliphatic heterocycles. The van der Waals surface area contributed by atoms with Crippen LogP contribution in [0, 0.1) is 13.8 Å². The summed E-state index contributed by atoms with van der Waals surface area (Å²) in [4.78, 5) is 12.4. The molecule has 0 saturated heterocycles. The minimum atomic E-state index is 0.155. The van der Waals surface area contributed by atoms with Crippen LogP contribution < -0.4 is 0 Å². The van der Waals surface area contributed by atoms with Crippen LogP contribution in [0.25, 0.3) is 10.9 Å². The molecule has 1 heterocycles. The van der Waals surface area contributed by atoms with Crippen molar-refractivity contribution in [2.75, 3.05) is 0 Å². The number of aryl methyl sites for hydroxylation is 2. The Morgan fingerprint density at radius 1 is 0.950 bits per heavy atom. The van der Waals surface area contributed by atoms with E-state index in [1.54, 1.807) is 0 Å². The van der Waals surface area contributed by atoms with Gasteiger partial charge in [-0.1, -0.05) is 36.4 Å². The highest BCUT2D eigenvalue weighted by molar-refractivity contribution is 5.98. The van der Waals surface area contributed by atoms with Gasteiger partial charge in [-0.15, -0.1) is 0 Å². The van der Waals surface area contributed by atoms with E-state index in [2.05, 4.69) is 25.1 Å². The van der Waals surface area contributed by atoms with Crippen molar-refractivity contribution < 1.29 is 4.79 Å². The first-order valence-corrected chi connectivity index (χ1v) is 6.80. The fraction of sp³-hybridized carbons (Fsp3) is 0.167. The molecule has 2 aromatic carbocycles. The van der Waals surface area contributed by atoms with Gasteiger partial charge in [-0.3, -0.25) is 4.79 Å². The van der Waals surface area contributed by atoms with Crippen LogP contribution in [0.3, 0.4) is 0 Å². The summed E-state index contributed by atoms with van der Waals surface area (Å²) in [6, 6.07) is 16.0. The number of rotatable bonds is 3. The third-order valence-corrected chi connectivity index (χ3v) is 3.79. The number of fused-ring (bicyclic) bond motifs is 1. The van der Waals surface area contributed by atoms with Crippen LogP contribution in [0.5, 0.6) is 0 Å². The summed E-state index contributed by atoms with van der Waals surface area (Å²) in [5, 5.41) is 1.21. The van der Waals surface area contributed by atoms with Crippen molar-refractivity contribution in [2.45, 2.75) is 20.4 Å². The highest BCUT2D eigenvalue weighted by Crippen LogP contribution is 2.20. The zero-order valence-corrected chi connectivity index (χ0v) is 11.8. The summed E-state index contributed by atoms with van der Waals surface area (Å²) in [6.45, 7) is 4.46. The van der Waals surface area contributed by atoms with Crippen molar-refractivity contribution in [3.63, 3.8) is 0 Å². The standard InChI is InChI=1S/C18H17NO/c1-13-7-5-9-17-15(13)10-11-19(17)12-18(20)16-8-4-3-6-14(16)2/h3-11H,12H2,1-2H3. The Kier molecular flexibility index (Phi) is 3.15. The number of hydrogen-bond acceptors (Lipinski definition) is 1. The second-order valence-corrected chi connectivity index (χ2v) is 5.19. The normalized spacial score (nSPS) is 10.9. The maximum absolute atomic E-state index is 12.4. The van der Waals surface area contributed by atoms with E-state index in [-0.39, 0.29) is 5.78 Å². The van der Waals surface area contributed by atoms with Gasteiger partial charge in [0.1, 0.15) is 0 Å².